The molecule has 1 aliphatic rings. The van der Waals surface area contributed by atoms with E-state index in [0.717, 1.165) is 40.9 Å². The Balaban J connectivity index is 1.61. The zero-order chi connectivity index (χ0) is 19.2. The molecule has 1 saturated carbocycles. The van der Waals surface area contributed by atoms with E-state index in [1.807, 2.05) is 24.3 Å². The van der Waals surface area contributed by atoms with Crippen LogP contribution in [0, 0.1) is 5.92 Å². The maximum absolute atomic E-state index is 12.6. The summed E-state index contributed by atoms with van der Waals surface area (Å²) in [5, 5.41) is 5.78. The number of hydrogen-bond acceptors (Lipinski definition) is 6. The van der Waals surface area contributed by atoms with E-state index in [2.05, 4.69) is 10.6 Å². The van der Waals surface area contributed by atoms with E-state index < -0.39 is 5.91 Å². The van der Waals surface area contributed by atoms with Crippen molar-refractivity contribution in [3.63, 3.8) is 0 Å². The Morgan fingerprint density at radius 1 is 1.19 bits per heavy atom. The Hall–Kier alpha value is -2.48. The fourth-order valence-electron chi connectivity index (χ4n) is 3.32. The molecule has 2 aromatic rings. The van der Waals surface area contributed by atoms with Crippen LogP contribution in [0.5, 0.6) is 0 Å². The second-order valence-corrected chi connectivity index (χ2v) is 7.64. The highest BCUT2D eigenvalue weighted by molar-refractivity contribution is 7.18. The molecular weight excluding hydrogens is 366 g/mol. The first-order valence-electron chi connectivity index (χ1n) is 9.08. The number of hydrogen-bond donors (Lipinski definition) is 2. The number of amides is 2. The van der Waals surface area contributed by atoms with Gasteiger partial charge in [-0.3, -0.25) is 14.4 Å². The van der Waals surface area contributed by atoms with E-state index in [-0.39, 0.29) is 36.9 Å². The molecule has 1 fully saturated rings. The lowest BCUT2D eigenvalue weighted by molar-refractivity contribution is -0.154. The number of carbonyl (C=O) groups excluding carboxylic acids is 3. The number of rotatable bonds is 6. The summed E-state index contributed by atoms with van der Waals surface area (Å²) in [6.45, 7) is -0.510. The number of aromatic nitrogens is 1. The molecule has 1 aliphatic carbocycles. The van der Waals surface area contributed by atoms with Gasteiger partial charge in [0.1, 0.15) is 0 Å². The van der Waals surface area contributed by atoms with Gasteiger partial charge >= 0.3 is 5.97 Å². The summed E-state index contributed by atoms with van der Waals surface area (Å²) in [6.07, 6.45) is 3.64. The predicted molar refractivity (Wildman–Crippen MR) is 102 cm³/mol. The monoisotopic (exact) mass is 389 g/mol. The Kier molecular flexibility index (Phi) is 6.39. The standard InChI is InChI=1S/C19H23N3O4S/c1-20-16(23)10-21-17(24)11-26-19(25)13-7-3-2-6-12(13)18-22-14-8-4-5-9-15(14)27-18/h4-5,8-9,12-13H,2-3,6-7,10-11H2,1H3,(H,20,23)(H,21,24)/t12-,13-/m0/s1. The van der Waals surface area contributed by atoms with E-state index in [1.165, 1.54) is 7.05 Å². The highest BCUT2D eigenvalue weighted by Gasteiger charge is 2.35. The van der Waals surface area contributed by atoms with Crippen molar-refractivity contribution in [2.45, 2.75) is 31.6 Å². The minimum Gasteiger partial charge on any atom is -0.455 e. The Morgan fingerprint density at radius 2 is 1.96 bits per heavy atom. The van der Waals surface area contributed by atoms with Gasteiger partial charge in [0.2, 0.25) is 5.91 Å². The number of nitrogens with zero attached hydrogens (tertiary/aromatic N) is 1. The third-order valence-electron chi connectivity index (χ3n) is 4.77. The minimum absolute atomic E-state index is 0.0255. The molecule has 0 radical (unpaired) electrons. The summed E-state index contributed by atoms with van der Waals surface area (Å²) in [6, 6.07) is 7.94. The molecule has 0 spiro atoms. The molecule has 3 rings (SSSR count). The average Bonchev–Trinajstić information content (AvgIpc) is 3.14. The van der Waals surface area contributed by atoms with E-state index in [1.54, 1.807) is 11.3 Å². The highest BCUT2D eigenvalue weighted by atomic mass is 32.1. The van der Waals surface area contributed by atoms with Crippen molar-refractivity contribution in [1.29, 1.82) is 0 Å². The molecule has 1 aromatic heterocycles. The summed E-state index contributed by atoms with van der Waals surface area (Å²) in [5.41, 5.74) is 0.948. The number of likely N-dealkylation sites (N-methyl/N-ethyl adjacent to an activating group) is 1. The van der Waals surface area contributed by atoms with Crippen molar-refractivity contribution in [2.75, 3.05) is 20.2 Å². The van der Waals surface area contributed by atoms with Crippen LogP contribution in [0.2, 0.25) is 0 Å². The molecule has 8 heteroatoms. The normalized spacial score (nSPS) is 19.4. The second-order valence-electron chi connectivity index (χ2n) is 6.57. The van der Waals surface area contributed by atoms with E-state index in [0.29, 0.717) is 0 Å². The van der Waals surface area contributed by atoms with Crippen molar-refractivity contribution in [3.8, 4) is 0 Å². The van der Waals surface area contributed by atoms with Gasteiger partial charge in [0, 0.05) is 13.0 Å². The third kappa shape index (κ3) is 4.82. The second kappa shape index (κ2) is 8.94. The quantitative estimate of drug-likeness (QED) is 0.736. The van der Waals surface area contributed by atoms with Crippen LogP contribution in [-0.4, -0.2) is 43.0 Å². The summed E-state index contributed by atoms with van der Waals surface area (Å²) < 4.78 is 6.34. The van der Waals surface area contributed by atoms with Crippen LogP contribution in [-0.2, 0) is 19.1 Å². The van der Waals surface area contributed by atoms with Gasteiger partial charge in [-0.05, 0) is 25.0 Å². The van der Waals surface area contributed by atoms with Crippen molar-refractivity contribution < 1.29 is 19.1 Å². The molecule has 1 heterocycles. The molecular formula is C19H23N3O4S. The molecule has 2 atom stereocenters. The lowest BCUT2D eigenvalue weighted by Gasteiger charge is -2.28. The maximum Gasteiger partial charge on any atom is 0.310 e. The lowest BCUT2D eigenvalue weighted by atomic mass is 9.79. The molecule has 7 nitrogen and oxygen atoms in total. The number of para-hydroxylation sites is 1. The summed E-state index contributed by atoms with van der Waals surface area (Å²) >= 11 is 1.62. The fourth-order valence-corrected chi connectivity index (χ4v) is 4.49. The van der Waals surface area contributed by atoms with Crippen LogP contribution < -0.4 is 10.6 Å². The lowest BCUT2D eigenvalue weighted by Crippen LogP contribution is -2.38. The highest BCUT2D eigenvalue weighted by Crippen LogP contribution is 2.41. The van der Waals surface area contributed by atoms with Gasteiger partial charge in [0.05, 0.1) is 27.7 Å². The Bertz CT molecular complexity index is 802. The number of nitrogens with one attached hydrogen (secondary N) is 2. The molecule has 0 bridgehead atoms. The summed E-state index contributed by atoms with van der Waals surface area (Å²) in [5.74, 6) is -1.42. The SMILES string of the molecule is CNC(=O)CNC(=O)COC(=O)[C@H]1CCCC[C@@H]1c1nc2ccccc2s1. The van der Waals surface area contributed by atoms with Crippen molar-refractivity contribution in [2.24, 2.45) is 5.92 Å². The Labute approximate surface area is 161 Å². The minimum atomic E-state index is -0.487. The van der Waals surface area contributed by atoms with Crippen molar-refractivity contribution in [1.82, 2.24) is 15.6 Å². The van der Waals surface area contributed by atoms with Gasteiger partial charge in [0.15, 0.2) is 6.61 Å². The molecule has 144 valence electrons. The van der Waals surface area contributed by atoms with Crippen LogP contribution >= 0.6 is 11.3 Å². The van der Waals surface area contributed by atoms with Crippen LogP contribution in [0.4, 0.5) is 0 Å². The largest absolute Gasteiger partial charge is 0.455 e. The molecule has 2 N–H and O–H groups in total. The van der Waals surface area contributed by atoms with Gasteiger partial charge in [0.25, 0.3) is 5.91 Å². The fraction of sp³-hybridized carbons (Fsp3) is 0.474. The van der Waals surface area contributed by atoms with Crippen molar-refractivity contribution in [3.05, 3.63) is 29.3 Å². The Morgan fingerprint density at radius 3 is 2.74 bits per heavy atom. The van der Waals surface area contributed by atoms with Gasteiger partial charge in [-0.2, -0.15) is 0 Å². The summed E-state index contributed by atoms with van der Waals surface area (Å²) in [7, 11) is 1.49. The first-order valence-corrected chi connectivity index (χ1v) is 9.89. The first-order chi connectivity index (χ1) is 13.1. The number of thiazole rings is 1. The number of esters is 1. The van der Waals surface area contributed by atoms with Crippen LogP contribution in [0.1, 0.15) is 36.6 Å². The van der Waals surface area contributed by atoms with Gasteiger partial charge in [-0.1, -0.05) is 25.0 Å². The van der Waals surface area contributed by atoms with Crippen LogP contribution in [0.15, 0.2) is 24.3 Å². The topological polar surface area (TPSA) is 97.4 Å². The zero-order valence-corrected chi connectivity index (χ0v) is 16.0. The number of fused-ring (bicyclic) bond motifs is 1. The average molecular weight is 389 g/mol. The maximum atomic E-state index is 12.6. The molecule has 0 unspecified atom stereocenters. The molecule has 0 saturated heterocycles. The number of ether oxygens (including phenoxy) is 1. The molecule has 27 heavy (non-hydrogen) atoms. The first kappa shape index (κ1) is 19.3. The van der Waals surface area contributed by atoms with E-state index in [4.69, 9.17) is 9.72 Å². The van der Waals surface area contributed by atoms with Gasteiger partial charge in [-0.15, -0.1) is 11.3 Å². The third-order valence-corrected chi connectivity index (χ3v) is 5.94. The van der Waals surface area contributed by atoms with E-state index >= 15 is 0 Å². The molecule has 1 aromatic carbocycles. The van der Waals surface area contributed by atoms with Crippen molar-refractivity contribution >= 4 is 39.3 Å². The smallest absolute Gasteiger partial charge is 0.310 e. The molecule has 2 amide bonds. The van der Waals surface area contributed by atoms with E-state index in [9.17, 15) is 14.4 Å². The number of carbonyl (C=O) groups is 3. The predicted octanol–water partition coefficient (Wildman–Crippen LogP) is 1.98. The number of benzene rings is 1. The van der Waals surface area contributed by atoms with Gasteiger partial charge in [-0.25, -0.2) is 4.98 Å². The van der Waals surface area contributed by atoms with Crippen LogP contribution in [0.3, 0.4) is 0 Å². The van der Waals surface area contributed by atoms with Gasteiger partial charge < -0.3 is 15.4 Å². The summed E-state index contributed by atoms with van der Waals surface area (Å²) in [4.78, 5) is 40.2. The molecule has 0 aliphatic heterocycles. The zero-order valence-electron chi connectivity index (χ0n) is 15.2. The van der Waals surface area contributed by atoms with Crippen LogP contribution in [0.25, 0.3) is 10.2 Å².